The molecule has 38 heavy (non-hydrogen) atoms. The number of nitro groups is 1. The number of allylic oxidation sites excluding steroid dienone is 2. The van der Waals surface area contributed by atoms with Gasteiger partial charge >= 0.3 is 5.97 Å². The number of hydrazone groups is 1. The number of fused-ring (bicyclic) bond motifs is 1. The molecule has 0 aromatic heterocycles. The first kappa shape index (κ1) is 28.4. The van der Waals surface area contributed by atoms with Crippen LogP contribution in [0, 0.1) is 20.9 Å². The van der Waals surface area contributed by atoms with Gasteiger partial charge < -0.3 is 21.2 Å². The van der Waals surface area contributed by atoms with E-state index < -0.39 is 4.92 Å². The van der Waals surface area contributed by atoms with E-state index >= 15 is 0 Å². The summed E-state index contributed by atoms with van der Waals surface area (Å²) in [5.41, 5.74) is 10.6. The van der Waals surface area contributed by atoms with Gasteiger partial charge in [0, 0.05) is 47.3 Å². The van der Waals surface area contributed by atoms with Gasteiger partial charge in [0.15, 0.2) is 5.84 Å². The van der Waals surface area contributed by atoms with Crippen molar-refractivity contribution in [3.8, 4) is 0 Å². The van der Waals surface area contributed by atoms with Crippen LogP contribution in [0.5, 0.6) is 0 Å². The van der Waals surface area contributed by atoms with Crippen molar-refractivity contribution in [3.63, 3.8) is 0 Å². The van der Waals surface area contributed by atoms with E-state index in [2.05, 4.69) is 42.9 Å². The summed E-state index contributed by atoms with van der Waals surface area (Å²) in [6, 6.07) is 12.2. The molecular weight excluding hydrogens is 482 g/mol. The lowest BCUT2D eigenvalue weighted by molar-refractivity contribution is -0.384. The van der Waals surface area contributed by atoms with Crippen LogP contribution in [0.3, 0.4) is 0 Å². The van der Waals surface area contributed by atoms with Gasteiger partial charge in [0.05, 0.1) is 17.6 Å². The molecule has 1 unspecified atom stereocenters. The van der Waals surface area contributed by atoms with E-state index in [9.17, 15) is 14.9 Å². The lowest BCUT2D eigenvalue weighted by atomic mass is 9.58. The number of carbonyl (C=O) groups excluding carboxylic acids is 1. The van der Waals surface area contributed by atoms with Crippen LogP contribution in [0.4, 0.5) is 11.4 Å². The van der Waals surface area contributed by atoms with Crippen LogP contribution in [-0.2, 0) is 4.74 Å². The Kier molecular flexibility index (Phi) is 8.29. The molecule has 4 N–H and O–H groups in total. The summed E-state index contributed by atoms with van der Waals surface area (Å²) < 4.78 is 4.82. The van der Waals surface area contributed by atoms with Crippen LogP contribution >= 0.6 is 0 Å². The van der Waals surface area contributed by atoms with Crippen molar-refractivity contribution >= 4 is 28.8 Å². The Bertz CT molecular complexity index is 1310. The van der Waals surface area contributed by atoms with E-state index in [-0.39, 0.29) is 28.3 Å². The molecule has 4 rings (SSSR count). The molecule has 0 radical (unpaired) electrons. The molecular formula is C29H37N5O4. The minimum absolute atomic E-state index is 0.0454. The van der Waals surface area contributed by atoms with Gasteiger partial charge in [-0.05, 0) is 35.8 Å². The number of rotatable bonds is 5. The lowest BCUT2D eigenvalue weighted by Gasteiger charge is -2.51. The van der Waals surface area contributed by atoms with Gasteiger partial charge in [0.2, 0.25) is 0 Å². The van der Waals surface area contributed by atoms with Gasteiger partial charge in [0.25, 0.3) is 5.69 Å². The zero-order valence-corrected chi connectivity index (χ0v) is 22.9. The van der Waals surface area contributed by atoms with E-state index in [1.54, 1.807) is 24.3 Å². The number of anilines is 1. The highest BCUT2D eigenvalue weighted by molar-refractivity contribution is 5.98. The molecule has 9 heteroatoms. The van der Waals surface area contributed by atoms with Crippen molar-refractivity contribution in [2.75, 3.05) is 25.1 Å². The normalized spacial score (nSPS) is 20.3. The molecule has 2 aliphatic rings. The summed E-state index contributed by atoms with van der Waals surface area (Å²) in [6.45, 7) is 12.0. The molecule has 0 fully saturated rings. The maximum atomic E-state index is 11.8. The third-order valence-electron chi connectivity index (χ3n) is 7.34. The summed E-state index contributed by atoms with van der Waals surface area (Å²) in [7, 11) is 1.37. The molecule has 0 amide bonds. The van der Waals surface area contributed by atoms with Crippen molar-refractivity contribution in [1.82, 2.24) is 0 Å². The number of methoxy groups -OCH3 is 1. The number of esters is 1. The van der Waals surface area contributed by atoms with Crippen molar-refractivity contribution in [1.29, 1.82) is 0 Å². The van der Waals surface area contributed by atoms with E-state index in [4.69, 9.17) is 16.3 Å². The quantitative estimate of drug-likeness (QED) is 0.105. The highest BCUT2D eigenvalue weighted by Crippen LogP contribution is 2.55. The molecule has 1 heterocycles. The summed E-state index contributed by atoms with van der Waals surface area (Å²) in [6.07, 6.45) is 5.31. The molecule has 2 aromatic rings. The number of amidine groups is 1. The lowest BCUT2D eigenvalue weighted by Crippen LogP contribution is -2.47. The zero-order valence-electron chi connectivity index (χ0n) is 22.9. The molecule has 2 aromatic carbocycles. The first-order valence-corrected chi connectivity index (χ1v) is 12.7. The van der Waals surface area contributed by atoms with Crippen LogP contribution in [0.2, 0.25) is 0 Å². The summed E-state index contributed by atoms with van der Waals surface area (Å²) in [5, 5.41) is 15.1. The zero-order chi connectivity index (χ0) is 28.3. The molecule has 0 bridgehead atoms. The minimum atomic E-state index is -0.437. The second-order valence-electron chi connectivity index (χ2n) is 10.1. The summed E-state index contributed by atoms with van der Waals surface area (Å²) in [4.78, 5) is 25.1. The van der Waals surface area contributed by atoms with Gasteiger partial charge in [-0.3, -0.25) is 10.1 Å². The fraction of sp³-hybridized carbons (Fsp3) is 0.379. The van der Waals surface area contributed by atoms with E-state index in [1.807, 2.05) is 26.0 Å². The fourth-order valence-corrected chi connectivity index (χ4v) is 5.62. The molecule has 1 aliphatic carbocycles. The Labute approximate surface area is 224 Å². The fourth-order valence-electron chi connectivity index (χ4n) is 5.62. The Balaban J connectivity index is 0.00000195. The van der Waals surface area contributed by atoms with Crippen molar-refractivity contribution in [2.45, 2.75) is 41.0 Å². The summed E-state index contributed by atoms with van der Waals surface area (Å²) >= 11 is 0. The number of nitro benzene ring substituents is 1. The minimum Gasteiger partial charge on any atom is -0.465 e. The van der Waals surface area contributed by atoms with Gasteiger partial charge in [-0.25, -0.2) is 4.79 Å². The monoisotopic (exact) mass is 519 g/mol. The highest BCUT2D eigenvalue weighted by atomic mass is 16.6. The van der Waals surface area contributed by atoms with Crippen molar-refractivity contribution in [3.05, 3.63) is 87.0 Å². The van der Waals surface area contributed by atoms with Crippen molar-refractivity contribution in [2.24, 2.45) is 27.5 Å². The van der Waals surface area contributed by atoms with Gasteiger partial charge in [0.1, 0.15) is 0 Å². The third kappa shape index (κ3) is 5.27. The molecule has 0 saturated heterocycles. The van der Waals surface area contributed by atoms with Crippen LogP contribution in [-0.4, -0.2) is 36.9 Å². The summed E-state index contributed by atoms with van der Waals surface area (Å²) in [5.74, 6) is 5.02. The topological polar surface area (TPSA) is 137 Å². The van der Waals surface area contributed by atoms with Crippen LogP contribution in [0.1, 0.15) is 62.5 Å². The average Bonchev–Trinajstić information content (AvgIpc) is 2.92. The molecule has 9 nitrogen and oxygen atoms in total. The number of nitrogens with zero attached hydrogens (tertiary/aromatic N) is 3. The van der Waals surface area contributed by atoms with Gasteiger partial charge in [-0.15, -0.1) is 0 Å². The van der Waals surface area contributed by atoms with E-state index in [1.165, 1.54) is 24.3 Å². The predicted octanol–water partition coefficient (Wildman–Crippen LogP) is 5.25. The Morgan fingerprint density at radius 2 is 1.74 bits per heavy atom. The Morgan fingerprint density at radius 1 is 1.08 bits per heavy atom. The second kappa shape index (κ2) is 11.1. The number of benzene rings is 2. The van der Waals surface area contributed by atoms with Crippen LogP contribution in [0.15, 0.2) is 65.3 Å². The molecule has 1 aliphatic heterocycles. The first-order valence-electron chi connectivity index (χ1n) is 12.7. The smallest absolute Gasteiger partial charge is 0.337 e. The predicted molar refractivity (Wildman–Crippen MR) is 152 cm³/mol. The first-order chi connectivity index (χ1) is 18.0. The van der Waals surface area contributed by atoms with E-state index in [0.29, 0.717) is 29.9 Å². The maximum absolute atomic E-state index is 11.8. The molecule has 202 valence electrons. The number of non-ortho nitro benzene ring substituents is 1. The molecule has 0 spiro atoms. The number of hydrogen-bond donors (Lipinski definition) is 2. The number of nitrogens with two attached hydrogens (primary N) is 2. The number of hydrogen-bond acceptors (Lipinski definition) is 7. The van der Waals surface area contributed by atoms with Gasteiger partial charge in [-0.1, -0.05) is 64.5 Å². The number of ether oxygens (including phenoxy) is 1. The van der Waals surface area contributed by atoms with E-state index in [0.717, 1.165) is 12.0 Å². The van der Waals surface area contributed by atoms with Crippen LogP contribution < -0.4 is 16.5 Å². The Hall–Kier alpha value is -4.14. The SMILES string of the molecule is CC.COC(=O)c1ccc(C2=CCC3(C)CN(c4cc(/C(N)=N/N)cc([N+](=O)[O-])c4)CC=C3C2(C)C)cc1. The maximum Gasteiger partial charge on any atom is 0.337 e. The molecule has 1 atom stereocenters. The second-order valence-corrected chi connectivity index (χ2v) is 10.1. The highest BCUT2D eigenvalue weighted by Gasteiger charge is 2.45. The van der Waals surface area contributed by atoms with Crippen molar-refractivity contribution < 1.29 is 14.5 Å². The Morgan fingerprint density at radius 3 is 2.32 bits per heavy atom. The standard InChI is InChI=1S/C27H31N5O4.C2H6/c1-26(2)22(17-5-7-18(8-6-17)25(33)36-4)9-11-27(3)16-31(12-10-23(26)27)20-13-19(24(28)30-29)14-21(15-20)32(34)35;1-2/h5-10,13-15H,11-12,16,29H2,1-4H3,(H2,28,30);1-2H3. The largest absolute Gasteiger partial charge is 0.465 e. The van der Waals surface area contributed by atoms with Crippen LogP contribution in [0.25, 0.3) is 5.57 Å². The van der Waals surface area contributed by atoms with Gasteiger partial charge in [-0.2, -0.15) is 5.10 Å². The average molecular weight is 520 g/mol. The molecule has 0 saturated carbocycles. The number of carbonyl (C=O) groups is 1. The third-order valence-corrected chi connectivity index (χ3v) is 7.34.